The topological polar surface area (TPSA) is 55.4 Å². The maximum absolute atomic E-state index is 12.1. The molecule has 0 saturated carbocycles. The van der Waals surface area contributed by atoms with Crippen LogP contribution in [-0.2, 0) is 28.9 Å². The third-order valence-corrected chi connectivity index (χ3v) is 5.71. The summed E-state index contributed by atoms with van der Waals surface area (Å²) in [5.74, 6) is -0.677. The summed E-state index contributed by atoms with van der Waals surface area (Å²) >= 11 is 3.07. The molecule has 116 valence electrons. The molecule has 1 amide bonds. The second-order valence-electron chi connectivity index (χ2n) is 5.26. The Bertz CT molecular complexity index is 654. The smallest absolute Gasteiger partial charge is 0.349 e. The molecule has 2 heterocycles. The van der Waals surface area contributed by atoms with Crippen molar-refractivity contribution in [2.24, 2.45) is 0 Å². The number of hydrogen-bond acceptors (Lipinski definition) is 5. The van der Waals surface area contributed by atoms with Crippen molar-refractivity contribution in [1.82, 2.24) is 5.32 Å². The first-order chi connectivity index (χ1) is 10.6. The molecule has 0 aliphatic heterocycles. The standard InChI is InChI=1S/C16H17NO3S2/c1-10(15(18)17-9-12-5-3-7-21-12)20-16(19)14-8-11-4-2-6-13(11)22-14/h3,5,7-8,10H,2,4,6,9H2,1H3,(H,17,18). The number of nitrogens with one attached hydrogen (secondary N) is 1. The number of esters is 1. The van der Waals surface area contributed by atoms with Crippen LogP contribution in [0.2, 0.25) is 0 Å². The summed E-state index contributed by atoms with van der Waals surface area (Å²) in [6.45, 7) is 2.06. The molecule has 3 rings (SSSR count). The molecule has 0 bridgehead atoms. The zero-order chi connectivity index (χ0) is 15.5. The first kappa shape index (κ1) is 15.2. The molecular formula is C16H17NO3S2. The molecule has 2 aromatic heterocycles. The van der Waals surface area contributed by atoms with Crippen LogP contribution in [0.5, 0.6) is 0 Å². The Morgan fingerprint density at radius 1 is 1.41 bits per heavy atom. The number of carbonyl (C=O) groups is 2. The van der Waals surface area contributed by atoms with Crippen molar-refractivity contribution in [1.29, 1.82) is 0 Å². The van der Waals surface area contributed by atoms with Gasteiger partial charge in [-0.1, -0.05) is 6.07 Å². The van der Waals surface area contributed by atoms with Crippen molar-refractivity contribution in [2.75, 3.05) is 0 Å². The lowest BCUT2D eigenvalue weighted by Gasteiger charge is -2.12. The van der Waals surface area contributed by atoms with Gasteiger partial charge in [0.1, 0.15) is 4.88 Å². The van der Waals surface area contributed by atoms with E-state index in [1.807, 2.05) is 23.6 Å². The van der Waals surface area contributed by atoms with Gasteiger partial charge in [0.25, 0.3) is 5.91 Å². The van der Waals surface area contributed by atoms with Crippen LogP contribution in [0.3, 0.4) is 0 Å². The van der Waals surface area contributed by atoms with E-state index < -0.39 is 12.1 Å². The van der Waals surface area contributed by atoms with Gasteiger partial charge >= 0.3 is 5.97 Å². The summed E-state index contributed by atoms with van der Waals surface area (Å²) in [6, 6.07) is 5.80. The first-order valence-electron chi connectivity index (χ1n) is 7.26. The van der Waals surface area contributed by atoms with Crippen LogP contribution in [0.25, 0.3) is 0 Å². The van der Waals surface area contributed by atoms with Gasteiger partial charge in [0.15, 0.2) is 6.10 Å². The van der Waals surface area contributed by atoms with Gasteiger partial charge in [-0.15, -0.1) is 22.7 Å². The molecule has 4 nitrogen and oxygen atoms in total. The largest absolute Gasteiger partial charge is 0.448 e. The number of carbonyl (C=O) groups excluding carboxylic acids is 2. The van der Waals surface area contributed by atoms with Gasteiger partial charge in [-0.3, -0.25) is 4.79 Å². The summed E-state index contributed by atoms with van der Waals surface area (Å²) in [6.07, 6.45) is 2.46. The van der Waals surface area contributed by atoms with Gasteiger partial charge in [0, 0.05) is 9.75 Å². The Hall–Kier alpha value is -1.66. The number of ether oxygens (including phenoxy) is 1. The molecule has 2 aromatic rings. The monoisotopic (exact) mass is 335 g/mol. The zero-order valence-corrected chi connectivity index (χ0v) is 13.9. The number of amides is 1. The molecule has 0 spiro atoms. The van der Waals surface area contributed by atoms with Crippen LogP contribution in [0, 0.1) is 0 Å². The predicted octanol–water partition coefficient (Wildman–Crippen LogP) is 3.16. The van der Waals surface area contributed by atoms with E-state index in [0.29, 0.717) is 11.4 Å². The number of hydrogen-bond donors (Lipinski definition) is 1. The maximum Gasteiger partial charge on any atom is 0.349 e. The van der Waals surface area contributed by atoms with Gasteiger partial charge in [-0.2, -0.15) is 0 Å². The highest BCUT2D eigenvalue weighted by atomic mass is 32.1. The number of thiophene rings is 2. The van der Waals surface area contributed by atoms with Gasteiger partial charge in [0.05, 0.1) is 6.54 Å². The van der Waals surface area contributed by atoms with E-state index in [0.717, 1.165) is 24.1 Å². The van der Waals surface area contributed by atoms with Crippen molar-refractivity contribution >= 4 is 34.6 Å². The molecule has 22 heavy (non-hydrogen) atoms. The Balaban J connectivity index is 1.52. The maximum atomic E-state index is 12.1. The molecule has 1 aliphatic carbocycles. The first-order valence-corrected chi connectivity index (χ1v) is 8.96. The molecule has 0 saturated heterocycles. The fourth-order valence-electron chi connectivity index (χ4n) is 2.43. The highest BCUT2D eigenvalue weighted by Crippen LogP contribution is 2.31. The van der Waals surface area contributed by atoms with Crippen LogP contribution in [0.15, 0.2) is 23.6 Å². The van der Waals surface area contributed by atoms with Crippen LogP contribution >= 0.6 is 22.7 Å². The highest BCUT2D eigenvalue weighted by Gasteiger charge is 2.23. The van der Waals surface area contributed by atoms with Crippen molar-refractivity contribution in [2.45, 2.75) is 38.8 Å². The fourth-order valence-corrected chi connectivity index (χ4v) is 4.21. The molecule has 1 unspecified atom stereocenters. The Morgan fingerprint density at radius 3 is 3.00 bits per heavy atom. The quantitative estimate of drug-likeness (QED) is 0.854. The lowest BCUT2D eigenvalue weighted by atomic mass is 10.2. The second-order valence-corrected chi connectivity index (χ2v) is 7.43. The molecule has 0 radical (unpaired) electrons. The average molecular weight is 335 g/mol. The number of rotatable bonds is 5. The van der Waals surface area contributed by atoms with Crippen LogP contribution < -0.4 is 5.32 Å². The van der Waals surface area contributed by atoms with Crippen LogP contribution in [0.4, 0.5) is 0 Å². The SMILES string of the molecule is CC(OC(=O)c1cc2c(s1)CCC2)C(=O)NCc1cccs1. The molecule has 0 aromatic carbocycles. The summed E-state index contributed by atoms with van der Waals surface area (Å²) in [4.78, 5) is 27.0. The van der Waals surface area contributed by atoms with E-state index in [1.54, 1.807) is 18.3 Å². The normalized spacial score (nSPS) is 14.4. The minimum absolute atomic E-state index is 0.272. The third-order valence-electron chi connectivity index (χ3n) is 3.62. The average Bonchev–Trinajstić information content (AvgIpc) is 3.20. The van der Waals surface area contributed by atoms with E-state index in [9.17, 15) is 9.59 Å². The predicted molar refractivity (Wildman–Crippen MR) is 87.4 cm³/mol. The van der Waals surface area contributed by atoms with Gasteiger partial charge in [-0.05, 0) is 49.3 Å². The molecule has 1 aliphatic rings. The molecule has 1 atom stereocenters. The number of aryl methyl sites for hydroxylation is 2. The van der Waals surface area contributed by atoms with Crippen molar-refractivity contribution < 1.29 is 14.3 Å². The molecular weight excluding hydrogens is 318 g/mol. The molecule has 0 fully saturated rings. The van der Waals surface area contributed by atoms with Gasteiger partial charge in [0.2, 0.25) is 0 Å². The van der Waals surface area contributed by atoms with E-state index in [4.69, 9.17) is 4.74 Å². The second kappa shape index (κ2) is 6.62. The number of fused-ring (bicyclic) bond motifs is 1. The van der Waals surface area contributed by atoms with E-state index in [1.165, 1.54) is 21.8 Å². The van der Waals surface area contributed by atoms with Crippen LogP contribution in [0.1, 0.15) is 38.3 Å². The lowest BCUT2D eigenvalue weighted by Crippen LogP contribution is -2.35. The fraction of sp³-hybridized carbons (Fsp3) is 0.375. The summed E-state index contributed by atoms with van der Waals surface area (Å²) in [5.41, 5.74) is 1.26. The highest BCUT2D eigenvalue weighted by molar-refractivity contribution is 7.14. The van der Waals surface area contributed by atoms with Crippen molar-refractivity contribution in [3.05, 3.63) is 43.8 Å². The van der Waals surface area contributed by atoms with Gasteiger partial charge < -0.3 is 10.1 Å². The summed E-state index contributed by atoms with van der Waals surface area (Å²) in [7, 11) is 0. The minimum Gasteiger partial charge on any atom is -0.448 e. The Kier molecular flexibility index (Phi) is 4.59. The van der Waals surface area contributed by atoms with E-state index in [-0.39, 0.29) is 5.91 Å². The third kappa shape index (κ3) is 3.39. The molecule has 6 heteroatoms. The zero-order valence-electron chi connectivity index (χ0n) is 12.3. The summed E-state index contributed by atoms with van der Waals surface area (Å²) < 4.78 is 5.27. The van der Waals surface area contributed by atoms with E-state index in [2.05, 4.69) is 5.32 Å². The van der Waals surface area contributed by atoms with Crippen molar-refractivity contribution in [3.8, 4) is 0 Å². The Labute approximate surface area is 137 Å². The van der Waals surface area contributed by atoms with Gasteiger partial charge in [-0.25, -0.2) is 4.79 Å². The summed E-state index contributed by atoms with van der Waals surface area (Å²) in [5, 5.41) is 4.74. The van der Waals surface area contributed by atoms with Crippen LogP contribution in [-0.4, -0.2) is 18.0 Å². The molecule has 1 N–H and O–H groups in total. The van der Waals surface area contributed by atoms with Crippen molar-refractivity contribution in [3.63, 3.8) is 0 Å². The Morgan fingerprint density at radius 2 is 2.27 bits per heavy atom. The lowest BCUT2D eigenvalue weighted by molar-refractivity contribution is -0.129. The minimum atomic E-state index is -0.788. The van der Waals surface area contributed by atoms with E-state index >= 15 is 0 Å².